The number of carbonyl (C=O) groups is 2. The minimum atomic E-state index is -0.941. The standard InChI is InChI=1S/C29H30N8O3/c1-3-7-24-31-23-15-17-36(25(38)14-16-30)27(29(39)40-4-2)26(23)37(24)18-19-10-12-20(13-11-19)21-8-5-6-9-22(21)28-32-34-35-33-28/h5-6,8-13,27H,3-4,7,14-15,17-18H2,1-2H3,(H,32,33,34,35). The molecule has 1 N–H and O–H groups in total. The van der Waals surface area contributed by atoms with Crippen molar-refractivity contribution in [1.29, 1.82) is 5.26 Å². The molecule has 2 aromatic heterocycles. The molecule has 0 radical (unpaired) electrons. The van der Waals surface area contributed by atoms with Crippen molar-refractivity contribution in [3.8, 4) is 28.6 Å². The van der Waals surface area contributed by atoms with Crippen molar-refractivity contribution in [2.45, 2.75) is 52.1 Å². The van der Waals surface area contributed by atoms with Gasteiger partial charge in [-0.25, -0.2) is 9.78 Å². The molecule has 1 atom stereocenters. The fraction of sp³-hybridized carbons (Fsp3) is 0.345. The maximum atomic E-state index is 13.2. The minimum absolute atomic E-state index is 0.188. The first-order valence-electron chi connectivity index (χ1n) is 13.4. The summed E-state index contributed by atoms with van der Waals surface area (Å²) in [7, 11) is 0. The van der Waals surface area contributed by atoms with Gasteiger partial charge in [0.05, 0.1) is 24.1 Å². The summed E-state index contributed by atoms with van der Waals surface area (Å²) < 4.78 is 7.45. The molecule has 2 aromatic carbocycles. The number of benzene rings is 2. The topological polar surface area (TPSA) is 143 Å². The lowest BCUT2D eigenvalue weighted by Gasteiger charge is -2.34. The van der Waals surface area contributed by atoms with Gasteiger partial charge in [0.2, 0.25) is 11.7 Å². The monoisotopic (exact) mass is 538 g/mol. The number of nitrogens with zero attached hydrogens (tertiary/aromatic N) is 7. The van der Waals surface area contributed by atoms with E-state index in [2.05, 4.69) is 32.1 Å². The SMILES string of the molecule is CCCc1nc2c(n1Cc1ccc(-c3ccccc3-c3nn[nH]n3)cc1)C(C(=O)OCC)N(C(=O)CC#N)CC2. The Kier molecular flexibility index (Phi) is 7.96. The van der Waals surface area contributed by atoms with Gasteiger partial charge in [-0.3, -0.25) is 4.79 Å². The molecule has 4 aromatic rings. The molecule has 40 heavy (non-hydrogen) atoms. The van der Waals surface area contributed by atoms with E-state index in [9.17, 15) is 9.59 Å². The Labute approximate surface area is 231 Å². The molecule has 0 bridgehead atoms. The Morgan fingerprint density at radius 1 is 1.12 bits per heavy atom. The average Bonchev–Trinajstić information content (AvgIpc) is 3.62. The predicted molar refractivity (Wildman–Crippen MR) is 145 cm³/mol. The number of rotatable bonds is 9. The van der Waals surface area contributed by atoms with Gasteiger partial charge in [0.15, 0.2) is 6.04 Å². The van der Waals surface area contributed by atoms with E-state index >= 15 is 0 Å². The van der Waals surface area contributed by atoms with E-state index in [-0.39, 0.29) is 18.9 Å². The summed E-state index contributed by atoms with van der Waals surface area (Å²) in [4.78, 5) is 32.5. The number of amides is 1. The van der Waals surface area contributed by atoms with Crippen molar-refractivity contribution in [2.24, 2.45) is 0 Å². The molecule has 0 saturated heterocycles. The molecule has 3 heterocycles. The molecule has 11 heteroatoms. The van der Waals surface area contributed by atoms with Gasteiger partial charge in [-0.15, -0.1) is 10.2 Å². The quantitative estimate of drug-likeness (QED) is 0.318. The highest BCUT2D eigenvalue weighted by Crippen LogP contribution is 2.34. The fourth-order valence-corrected chi connectivity index (χ4v) is 5.23. The van der Waals surface area contributed by atoms with E-state index in [1.54, 1.807) is 6.92 Å². The first kappa shape index (κ1) is 26.7. The number of fused-ring (bicyclic) bond motifs is 1. The van der Waals surface area contributed by atoms with Crippen LogP contribution in [0.2, 0.25) is 0 Å². The molecule has 1 unspecified atom stereocenters. The number of nitrogens with one attached hydrogen (secondary N) is 1. The van der Waals surface area contributed by atoms with E-state index < -0.39 is 12.0 Å². The lowest BCUT2D eigenvalue weighted by atomic mass is 9.98. The molecule has 1 aliphatic heterocycles. The molecular weight excluding hydrogens is 508 g/mol. The van der Waals surface area contributed by atoms with Crippen LogP contribution >= 0.6 is 0 Å². The van der Waals surface area contributed by atoms with Crippen LogP contribution in [0.5, 0.6) is 0 Å². The Morgan fingerprint density at radius 3 is 2.58 bits per heavy atom. The third-order valence-corrected chi connectivity index (χ3v) is 6.98. The van der Waals surface area contributed by atoms with Gasteiger partial charge in [0.25, 0.3) is 0 Å². The van der Waals surface area contributed by atoms with Crippen molar-refractivity contribution < 1.29 is 14.3 Å². The number of hydrogen-bond donors (Lipinski definition) is 1. The van der Waals surface area contributed by atoms with E-state index in [4.69, 9.17) is 15.0 Å². The largest absolute Gasteiger partial charge is 0.464 e. The number of H-pyrrole nitrogens is 1. The van der Waals surface area contributed by atoms with Crippen molar-refractivity contribution in [3.05, 3.63) is 71.3 Å². The summed E-state index contributed by atoms with van der Waals surface area (Å²) in [5.41, 5.74) is 5.34. The first-order chi connectivity index (χ1) is 19.5. The summed E-state index contributed by atoms with van der Waals surface area (Å²) in [6.45, 7) is 4.79. The fourth-order valence-electron chi connectivity index (χ4n) is 5.23. The highest BCUT2D eigenvalue weighted by atomic mass is 16.5. The van der Waals surface area contributed by atoms with Crippen LogP contribution < -0.4 is 0 Å². The van der Waals surface area contributed by atoms with Gasteiger partial charge >= 0.3 is 5.97 Å². The molecule has 0 saturated carbocycles. The lowest BCUT2D eigenvalue weighted by Crippen LogP contribution is -2.45. The van der Waals surface area contributed by atoms with Crippen molar-refractivity contribution in [1.82, 2.24) is 35.1 Å². The number of esters is 1. The van der Waals surface area contributed by atoms with E-state index in [0.29, 0.717) is 31.0 Å². The van der Waals surface area contributed by atoms with Crippen molar-refractivity contribution >= 4 is 11.9 Å². The molecule has 0 spiro atoms. The van der Waals surface area contributed by atoms with Crippen LogP contribution in [0.15, 0.2) is 48.5 Å². The predicted octanol–water partition coefficient (Wildman–Crippen LogP) is 3.63. The number of imidazole rings is 1. The summed E-state index contributed by atoms with van der Waals surface area (Å²) in [6, 6.07) is 17.0. The van der Waals surface area contributed by atoms with Gasteiger partial charge in [-0.1, -0.05) is 55.5 Å². The molecule has 0 fully saturated rings. The van der Waals surface area contributed by atoms with Gasteiger partial charge in [-0.2, -0.15) is 10.5 Å². The normalized spacial score (nSPS) is 14.4. The Balaban J connectivity index is 1.51. The summed E-state index contributed by atoms with van der Waals surface area (Å²) in [5, 5.41) is 23.6. The van der Waals surface area contributed by atoms with Gasteiger partial charge in [0.1, 0.15) is 12.2 Å². The number of aryl methyl sites for hydroxylation is 1. The van der Waals surface area contributed by atoms with Crippen LogP contribution in [0.25, 0.3) is 22.5 Å². The van der Waals surface area contributed by atoms with Crippen LogP contribution in [0.3, 0.4) is 0 Å². The van der Waals surface area contributed by atoms with E-state index in [0.717, 1.165) is 46.6 Å². The molecule has 5 rings (SSSR count). The second-order valence-corrected chi connectivity index (χ2v) is 9.50. The molecule has 11 nitrogen and oxygen atoms in total. The van der Waals surface area contributed by atoms with Crippen molar-refractivity contribution in [2.75, 3.05) is 13.2 Å². The van der Waals surface area contributed by atoms with Gasteiger partial charge in [-0.05, 0) is 35.2 Å². The van der Waals surface area contributed by atoms with Crippen LogP contribution in [0.4, 0.5) is 0 Å². The third-order valence-electron chi connectivity index (χ3n) is 6.98. The zero-order chi connectivity index (χ0) is 28.1. The highest BCUT2D eigenvalue weighted by Gasteiger charge is 2.41. The maximum Gasteiger partial charge on any atom is 0.335 e. The number of carbonyl (C=O) groups excluding carboxylic acids is 2. The zero-order valence-electron chi connectivity index (χ0n) is 22.5. The Morgan fingerprint density at radius 2 is 1.90 bits per heavy atom. The second kappa shape index (κ2) is 11.9. The minimum Gasteiger partial charge on any atom is -0.464 e. The number of aromatic amines is 1. The number of nitriles is 1. The van der Waals surface area contributed by atoms with E-state index in [1.807, 2.05) is 54.6 Å². The summed E-state index contributed by atoms with van der Waals surface area (Å²) in [6.07, 6.45) is 1.82. The smallest absolute Gasteiger partial charge is 0.335 e. The third kappa shape index (κ3) is 5.20. The molecule has 204 valence electrons. The highest BCUT2D eigenvalue weighted by molar-refractivity contribution is 5.87. The number of aromatic nitrogens is 6. The van der Waals surface area contributed by atoms with Crippen LogP contribution in [-0.4, -0.2) is 60.1 Å². The lowest BCUT2D eigenvalue weighted by molar-refractivity contribution is -0.156. The number of tetrazole rings is 1. The van der Waals surface area contributed by atoms with Crippen LogP contribution in [0, 0.1) is 11.3 Å². The Hall–Kier alpha value is -4.85. The average molecular weight is 539 g/mol. The van der Waals surface area contributed by atoms with Crippen LogP contribution in [0.1, 0.15) is 55.5 Å². The van der Waals surface area contributed by atoms with Gasteiger partial charge in [0, 0.05) is 31.5 Å². The molecule has 1 amide bonds. The summed E-state index contributed by atoms with van der Waals surface area (Å²) in [5.74, 6) is 0.491. The summed E-state index contributed by atoms with van der Waals surface area (Å²) >= 11 is 0. The molecule has 1 aliphatic rings. The maximum absolute atomic E-state index is 13.2. The molecular formula is C29H30N8O3. The zero-order valence-corrected chi connectivity index (χ0v) is 22.5. The molecule has 0 aliphatic carbocycles. The van der Waals surface area contributed by atoms with Crippen molar-refractivity contribution in [3.63, 3.8) is 0 Å². The second-order valence-electron chi connectivity index (χ2n) is 9.50. The number of ether oxygens (including phenoxy) is 1. The number of hydrogen-bond acceptors (Lipinski definition) is 8. The van der Waals surface area contributed by atoms with Gasteiger partial charge < -0.3 is 14.2 Å². The van der Waals surface area contributed by atoms with E-state index in [1.165, 1.54) is 4.90 Å². The Bertz CT molecular complexity index is 1540. The first-order valence-corrected chi connectivity index (χ1v) is 13.4. The van der Waals surface area contributed by atoms with Crippen LogP contribution in [-0.2, 0) is 33.7 Å².